The summed E-state index contributed by atoms with van der Waals surface area (Å²) in [6, 6.07) is 15.7. The summed E-state index contributed by atoms with van der Waals surface area (Å²) in [6.07, 6.45) is 14.8. The molecule has 2 aliphatic rings. The highest BCUT2D eigenvalue weighted by atomic mass is 32.2. The van der Waals surface area contributed by atoms with E-state index >= 15 is 0 Å². The average molecular weight is 1080 g/mol. The van der Waals surface area contributed by atoms with Crippen LogP contribution in [0.1, 0.15) is 76.5 Å². The van der Waals surface area contributed by atoms with Crippen LogP contribution in [0.4, 0.5) is 11.4 Å². The lowest BCUT2D eigenvalue weighted by atomic mass is 9.79. The van der Waals surface area contributed by atoms with Crippen LogP contribution in [-0.2, 0) is 61.8 Å². The van der Waals surface area contributed by atoms with Crippen molar-refractivity contribution in [3.63, 3.8) is 0 Å². The number of aromatic nitrogens is 3. The molecule has 19 nitrogen and oxygen atoms in total. The number of nitrogens with zero attached hydrogens (tertiary/aromatic N) is 6. The van der Waals surface area contributed by atoms with Crippen molar-refractivity contribution in [2.24, 2.45) is 0 Å². The summed E-state index contributed by atoms with van der Waals surface area (Å²) in [7, 11) is -11.3. The van der Waals surface area contributed by atoms with Crippen LogP contribution in [0, 0.1) is 6.92 Å². The number of fused-ring (bicyclic) bond motifs is 6. The van der Waals surface area contributed by atoms with E-state index in [-0.39, 0.29) is 41.6 Å². The van der Waals surface area contributed by atoms with Crippen LogP contribution in [0.15, 0.2) is 113 Å². The fourth-order valence-corrected chi connectivity index (χ4v) is 12.9. The highest BCUT2D eigenvalue weighted by Gasteiger charge is 2.46. The van der Waals surface area contributed by atoms with Crippen molar-refractivity contribution in [3.05, 3.63) is 120 Å². The molecule has 1 amide bonds. The van der Waals surface area contributed by atoms with Crippen LogP contribution in [-0.4, -0.2) is 120 Å². The maximum Gasteiger partial charge on any atom is 0.294 e. The van der Waals surface area contributed by atoms with Gasteiger partial charge in [-0.1, -0.05) is 60.5 Å². The molecule has 0 aliphatic carbocycles. The third kappa shape index (κ3) is 12.3. The number of rotatable bonds is 24. The summed E-state index contributed by atoms with van der Waals surface area (Å²) in [5.41, 5.74) is 4.39. The minimum Gasteiger partial charge on any atom is -0.356 e. The number of sulfonamides is 1. The Balaban J connectivity index is 1.16. The van der Waals surface area contributed by atoms with Gasteiger partial charge in [0.25, 0.3) is 20.2 Å². The number of aryl methyl sites for hydroxylation is 2. The minimum atomic E-state index is -4.50. The van der Waals surface area contributed by atoms with Crippen LogP contribution in [0.2, 0.25) is 0 Å². The zero-order valence-corrected chi connectivity index (χ0v) is 44.8. The first kappa shape index (κ1) is 55.4. The molecule has 73 heavy (non-hydrogen) atoms. The van der Waals surface area contributed by atoms with E-state index in [2.05, 4.69) is 43.7 Å². The van der Waals surface area contributed by atoms with Gasteiger partial charge in [0.15, 0.2) is 5.71 Å². The van der Waals surface area contributed by atoms with E-state index in [1.807, 2.05) is 73.1 Å². The number of hydrogen-bond acceptors (Lipinski definition) is 14. The molecular weight excluding hydrogens is 1020 g/mol. The van der Waals surface area contributed by atoms with Crippen molar-refractivity contribution >= 4 is 86.8 Å². The molecule has 0 atom stereocenters. The van der Waals surface area contributed by atoms with Crippen molar-refractivity contribution in [2.75, 3.05) is 49.6 Å². The number of carbonyl (C=O) groups excluding carboxylic acids is 1. The molecule has 0 fully saturated rings. The normalized spacial score (nSPS) is 16.3. The first-order valence-electron chi connectivity index (χ1n) is 23.7. The number of nitrogens with one attached hydrogen (secondary N) is 1. The Morgan fingerprint density at radius 3 is 2.36 bits per heavy atom. The van der Waals surface area contributed by atoms with Gasteiger partial charge in [0.1, 0.15) is 6.54 Å². The highest BCUT2D eigenvalue weighted by molar-refractivity contribution is 7.94. The zero-order valence-electron chi connectivity index (χ0n) is 41.6. The quantitative estimate of drug-likeness (QED) is 0.00881. The molecule has 392 valence electrons. The van der Waals surface area contributed by atoms with Gasteiger partial charge in [-0.25, -0.2) is 18.0 Å². The molecule has 5 aromatic rings. The lowest BCUT2D eigenvalue weighted by Crippen LogP contribution is -2.30. The Labute approximate surface area is 430 Å². The molecule has 23 heteroatoms. The molecule has 3 heterocycles. The minimum absolute atomic E-state index is 0.106. The van der Waals surface area contributed by atoms with E-state index in [0.29, 0.717) is 66.4 Å². The van der Waals surface area contributed by atoms with Crippen molar-refractivity contribution in [1.29, 1.82) is 0 Å². The lowest BCUT2D eigenvalue weighted by molar-refractivity contribution is -0.437. The van der Waals surface area contributed by atoms with Gasteiger partial charge in [0, 0.05) is 110 Å². The monoisotopic (exact) mass is 1080 g/mol. The van der Waals surface area contributed by atoms with Crippen molar-refractivity contribution < 1.29 is 58.4 Å². The van der Waals surface area contributed by atoms with Gasteiger partial charge in [-0.05, 0) is 104 Å². The van der Waals surface area contributed by atoms with E-state index in [9.17, 15) is 39.2 Å². The molecule has 1 aromatic heterocycles. The summed E-state index contributed by atoms with van der Waals surface area (Å²) in [5.74, 6) is -0.152. The van der Waals surface area contributed by atoms with Crippen molar-refractivity contribution in [3.8, 4) is 0 Å². The Morgan fingerprint density at radius 1 is 0.877 bits per heavy atom. The SMILES string of the molecule is Cc1cc(S(=O)(=O)O)cc2c3c(ccc12)N(CCCSOOO)/C(=C/C=C/C=C/C1=[N+](CCCS(=O)(=O)O)c2ccc4c(S(=O)(=O)N(C)CCCC(=O)NCCCn5ccnn5)cccc4c2C1(C)C)C3(C)C. The lowest BCUT2D eigenvalue weighted by Gasteiger charge is -2.27. The maximum atomic E-state index is 14.2. The Bertz CT molecular complexity index is 3350. The Kier molecular flexibility index (Phi) is 17.2. The van der Waals surface area contributed by atoms with Crippen molar-refractivity contribution in [2.45, 2.75) is 93.9 Å². The standard InChI is InChI=1S/C50H61N7O12S4/c1-35-33-36(73(65,66)67)34-40-37(35)20-22-42-48(40)50(4,5)45(56(42)28-13-31-70-69-68-59)18-9-7-8-17-44-49(2,3)47-39-15-10-16-43(38(39)21-23-41(47)57(44)29-14-32-71(60,61)62)72(63,64)54(6)26-11-19-46(58)51-24-12-27-55-30-25-52-53-55/h7-10,15-18,20-23,25,30,33-34H,11-14,19,24,26-29,31-32H2,1-6H3,(H3-,51,58,59,60,61,62,65,66,67)/p+1. The van der Waals surface area contributed by atoms with Gasteiger partial charge in [-0.3, -0.25) is 18.6 Å². The van der Waals surface area contributed by atoms with Gasteiger partial charge in [0.05, 0.1) is 27.2 Å². The molecule has 2 aliphatic heterocycles. The zero-order chi connectivity index (χ0) is 52.9. The third-order valence-electron chi connectivity index (χ3n) is 13.4. The fraction of sp³-hybridized carbons (Fsp3) is 0.400. The van der Waals surface area contributed by atoms with Crippen LogP contribution in [0.25, 0.3) is 21.5 Å². The molecule has 0 bridgehead atoms. The van der Waals surface area contributed by atoms with Gasteiger partial charge < -0.3 is 10.2 Å². The second-order valence-corrected chi connectivity index (χ2v) is 24.9. The molecule has 0 radical (unpaired) electrons. The molecule has 4 N–H and O–H groups in total. The fourth-order valence-electron chi connectivity index (χ4n) is 10.1. The molecule has 0 spiro atoms. The van der Waals surface area contributed by atoms with Crippen LogP contribution >= 0.6 is 12.0 Å². The number of allylic oxidation sites excluding steroid dienone is 6. The summed E-state index contributed by atoms with van der Waals surface area (Å²) in [6.45, 7) is 11.9. The second-order valence-electron chi connectivity index (χ2n) is 19.1. The van der Waals surface area contributed by atoms with Gasteiger partial charge in [0.2, 0.25) is 21.6 Å². The molecule has 4 aromatic carbocycles. The third-order valence-corrected chi connectivity index (χ3v) is 17.6. The largest absolute Gasteiger partial charge is 0.356 e. The summed E-state index contributed by atoms with van der Waals surface area (Å²) >= 11 is 0.947. The molecule has 7 rings (SSSR count). The summed E-state index contributed by atoms with van der Waals surface area (Å²) in [4.78, 5) is 14.6. The van der Waals surface area contributed by atoms with E-state index < -0.39 is 46.8 Å². The number of hydrogen-bond donors (Lipinski definition) is 4. The first-order chi connectivity index (χ1) is 34.5. The summed E-state index contributed by atoms with van der Waals surface area (Å²) in [5, 5.41) is 25.7. The van der Waals surface area contributed by atoms with E-state index in [1.165, 1.54) is 23.5 Å². The van der Waals surface area contributed by atoms with E-state index in [1.54, 1.807) is 42.2 Å². The predicted octanol–water partition coefficient (Wildman–Crippen LogP) is 7.65. The van der Waals surface area contributed by atoms with E-state index in [0.717, 1.165) is 51.3 Å². The molecule has 0 unspecified atom stereocenters. The van der Waals surface area contributed by atoms with Crippen molar-refractivity contribution in [1.82, 2.24) is 24.6 Å². The van der Waals surface area contributed by atoms with Gasteiger partial charge in [-0.15, -0.1) is 9.43 Å². The molecule has 0 saturated heterocycles. The number of amides is 1. The van der Waals surface area contributed by atoms with Crippen LogP contribution in [0.5, 0.6) is 0 Å². The summed E-state index contributed by atoms with van der Waals surface area (Å²) < 4.78 is 106. The number of benzene rings is 4. The molecule has 0 saturated carbocycles. The smallest absolute Gasteiger partial charge is 0.294 e. The van der Waals surface area contributed by atoms with Gasteiger partial charge in [-0.2, -0.15) is 21.4 Å². The van der Waals surface area contributed by atoms with Crippen LogP contribution in [0.3, 0.4) is 0 Å². The Morgan fingerprint density at radius 2 is 1.64 bits per heavy atom. The average Bonchev–Trinajstić information content (AvgIpc) is 3.98. The first-order valence-corrected chi connectivity index (χ1v) is 29.1. The highest BCUT2D eigenvalue weighted by Crippen LogP contribution is 2.52. The van der Waals surface area contributed by atoms with Crippen LogP contribution < -0.4 is 10.2 Å². The van der Waals surface area contributed by atoms with E-state index in [4.69, 9.17) is 5.26 Å². The van der Waals surface area contributed by atoms with Gasteiger partial charge >= 0.3 is 0 Å². The predicted molar refractivity (Wildman–Crippen MR) is 282 cm³/mol. The topological polar surface area (TPSA) is 251 Å². The number of carbonyl (C=O) groups is 1. The number of anilines is 1. The maximum absolute atomic E-state index is 14.2. The Hall–Kier alpha value is -5.34. The second kappa shape index (κ2) is 22.6. The molecular formula is C50H62N7O12S4+.